The molecule has 0 amide bonds. The van der Waals surface area contributed by atoms with Gasteiger partial charge in [0.25, 0.3) is 0 Å². The van der Waals surface area contributed by atoms with Gasteiger partial charge < -0.3 is 4.74 Å². The second-order valence-corrected chi connectivity index (χ2v) is 4.23. The van der Waals surface area contributed by atoms with Crippen molar-refractivity contribution in [3.8, 4) is 11.1 Å². The number of carbonyl (C=O) groups excluding carboxylic acids is 1. The maximum Gasteiger partial charge on any atom is 0.338 e. The molecule has 0 saturated heterocycles. The van der Waals surface area contributed by atoms with Gasteiger partial charge in [-0.2, -0.15) is 0 Å². The highest BCUT2D eigenvalue weighted by atomic mass is 19.1. The Bertz CT molecular complexity index is 588. The zero-order chi connectivity index (χ0) is 13.8. The summed E-state index contributed by atoms with van der Waals surface area (Å²) in [6.45, 7) is 2.07. The van der Waals surface area contributed by atoms with E-state index >= 15 is 0 Å². The maximum absolute atomic E-state index is 13.4. The highest BCUT2D eigenvalue weighted by Gasteiger charge is 2.14. The van der Waals surface area contributed by atoms with E-state index in [1.807, 2.05) is 24.3 Å². The predicted octanol–water partition coefficient (Wildman–Crippen LogP) is 3.84. The smallest absolute Gasteiger partial charge is 0.338 e. The Labute approximate surface area is 111 Å². The molecule has 0 aliphatic heterocycles. The molecule has 0 unspecified atom stereocenters. The molecule has 0 atom stereocenters. The molecule has 0 fully saturated rings. The highest BCUT2D eigenvalue weighted by molar-refractivity contribution is 5.97. The van der Waals surface area contributed by atoms with Gasteiger partial charge in [0.05, 0.1) is 12.7 Å². The molecule has 3 heteroatoms. The minimum absolute atomic E-state index is 0.369. The number of benzene rings is 2. The maximum atomic E-state index is 13.4. The van der Waals surface area contributed by atoms with Gasteiger partial charge in [0.1, 0.15) is 5.82 Å². The molecule has 2 aromatic carbocycles. The van der Waals surface area contributed by atoms with Gasteiger partial charge in [-0.05, 0) is 41.3 Å². The Balaban J connectivity index is 2.52. The summed E-state index contributed by atoms with van der Waals surface area (Å²) >= 11 is 0. The molecule has 0 saturated carbocycles. The van der Waals surface area contributed by atoms with Crippen molar-refractivity contribution in [3.63, 3.8) is 0 Å². The van der Waals surface area contributed by atoms with E-state index in [4.69, 9.17) is 4.74 Å². The van der Waals surface area contributed by atoms with Crippen LogP contribution in [0.15, 0.2) is 42.5 Å². The minimum Gasteiger partial charge on any atom is -0.465 e. The summed E-state index contributed by atoms with van der Waals surface area (Å²) in [5, 5.41) is 0. The fourth-order valence-corrected chi connectivity index (χ4v) is 1.96. The number of aryl methyl sites for hydroxylation is 1. The lowest BCUT2D eigenvalue weighted by molar-refractivity contribution is 0.0601. The van der Waals surface area contributed by atoms with Gasteiger partial charge in [-0.15, -0.1) is 0 Å². The average Bonchev–Trinajstić information content (AvgIpc) is 2.46. The van der Waals surface area contributed by atoms with Crippen LogP contribution in [0.5, 0.6) is 0 Å². The first-order valence-corrected chi connectivity index (χ1v) is 6.13. The van der Waals surface area contributed by atoms with Gasteiger partial charge in [0.2, 0.25) is 0 Å². The van der Waals surface area contributed by atoms with Crippen molar-refractivity contribution in [1.82, 2.24) is 0 Å². The lowest BCUT2D eigenvalue weighted by atomic mass is 9.98. The molecule has 0 aliphatic rings. The molecule has 0 bridgehead atoms. The zero-order valence-electron chi connectivity index (χ0n) is 10.9. The molecular formula is C16H15FO2. The molecule has 0 aliphatic carbocycles. The van der Waals surface area contributed by atoms with Crippen molar-refractivity contribution >= 4 is 5.97 Å². The molecule has 0 spiro atoms. The standard InChI is InChI=1S/C16H15FO2/c1-3-11-4-6-12(7-5-11)15-10-13(17)8-9-14(15)16(18)19-2/h4-10H,3H2,1-2H3. The number of hydrogen-bond donors (Lipinski definition) is 0. The van der Waals surface area contributed by atoms with Gasteiger partial charge in [-0.25, -0.2) is 9.18 Å². The van der Waals surface area contributed by atoms with Crippen LogP contribution in [0, 0.1) is 5.82 Å². The first kappa shape index (κ1) is 13.3. The molecular weight excluding hydrogens is 243 g/mol. The van der Waals surface area contributed by atoms with E-state index in [9.17, 15) is 9.18 Å². The fraction of sp³-hybridized carbons (Fsp3) is 0.188. The van der Waals surface area contributed by atoms with E-state index in [1.165, 1.54) is 30.9 Å². The number of ether oxygens (including phenoxy) is 1. The van der Waals surface area contributed by atoms with Gasteiger partial charge in [-0.1, -0.05) is 31.2 Å². The third-order valence-corrected chi connectivity index (χ3v) is 3.06. The lowest BCUT2D eigenvalue weighted by Gasteiger charge is -2.09. The van der Waals surface area contributed by atoms with Crippen LogP contribution in [-0.4, -0.2) is 13.1 Å². The van der Waals surface area contributed by atoms with E-state index in [0.717, 1.165) is 12.0 Å². The summed E-state index contributed by atoms with van der Waals surface area (Å²) in [4.78, 5) is 11.7. The van der Waals surface area contributed by atoms with Crippen LogP contribution in [0.4, 0.5) is 4.39 Å². The molecule has 98 valence electrons. The molecule has 0 radical (unpaired) electrons. The van der Waals surface area contributed by atoms with E-state index in [0.29, 0.717) is 11.1 Å². The Kier molecular flexibility index (Phi) is 3.95. The number of esters is 1. The summed E-state index contributed by atoms with van der Waals surface area (Å²) < 4.78 is 18.1. The minimum atomic E-state index is -0.463. The molecule has 2 aromatic rings. The SMILES string of the molecule is CCc1ccc(-c2cc(F)ccc2C(=O)OC)cc1. The number of halogens is 1. The molecule has 19 heavy (non-hydrogen) atoms. The lowest BCUT2D eigenvalue weighted by Crippen LogP contribution is -2.04. The summed E-state index contributed by atoms with van der Waals surface area (Å²) in [6.07, 6.45) is 0.938. The third-order valence-electron chi connectivity index (χ3n) is 3.06. The van der Waals surface area contributed by atoms with E-state index in [1.54, 1.807) is 0 Å². The van der Waals surface area contributed by atoms with Gasteiger partial charge >= 0.3 is 5.97 Å². The quantitative estimate of drug-likeness (QED) is 0.782. The fourth-order valence-electron chi connectivity index (χ4n) is 1.96. The Morgan fingerprint density at radius 1 is 1.16 bits per heavy atom. The summed E-state index contributed by atoms with van der Waals surface area (Å²) in [6, 6.07) is 11.8. The molecule has 2 nitrogen and oxygen atoms in total. The molecule has 0 heterocycles. The first-order valence-electron chi connectivity index (χ1n) is 6.13. The Morgan fingerprint density at radius 3 is 2.42 bits per heavy atom. The van der Waals surface area contributed by atoms with Crippen LogP contribution in [0.2, 0.25) is 0 Å². The van der Waals surface area contributed by atoms with Crippen molar-refractivity contribution in [3.05, 3.63) is 59.4 Å². The van der Waals surface area contributed by atoms with Gasteiger partial charge in [-0.3, -0.25) is 0 Å². The van der Waals surface area contributed by atoms with Crippen molar-refractivity contribution in [2.75, 3.05) is 7.11 Å². The van der Waals surface area contributed by atoms with Crippen LogP contribution in [0.1, 0.15) is 22.8 Å². The van der Waals surface area contributed by atoms with Crippen molar-refractivity contribution < 1.29 is 13.9 Å². The number of hydrogen-bond acceptors (Lipinski definition) is 2. The zero-order valence-corrected chi connectivity index (χ0v) is 10.9. The second-order valence-electron chi connectivity index (χ2n) is 4.23. The van der Waals surface area contributed by atoms with Crippen molar-refractivity contribution in [2.45, 2.75) is 13.3 Å². The molecule has 0 N–H and O–H groups in total. The summed E-state index contributed by atoms with van der Waals surface area (Å²) in [7, 11) is 1.32. The predicted molar refractivity (Wildman–Crippen MR) is 72.6 cm³/mol. The van der Waals surface area contributed by atoms with E-state index in [2.05, 4.69) is 6.92 Å². The third kappa shape index (κ3) is 2.81. The van der Waals surface area contributed by atoms with Crippen LogP contribution < -0.4 is 0 Å². The van der Waals surface area contributed by atoms with Crippen molar-refractivity contribution in [2.24, 2.45) is 0 Å². The Hall–Kier alpha value is -2.16. The van der Waals surface area contributed by atoms with Gasteiger partial charge in [0.15, 0.2) is 0 Å². The number of methoxy groups -OCH3 is 1. The van der Waals surface area contributed by atoms with Crippen LogP contribution in [0.25, 0.3) is 11.1 Å². The van der Waals surface area contributed by atoms with Gasteiger partial charge in [0, 0.05) is 0 Å². The van der Waals surface area contributed by atoms with E-state index < -0.39 is 5.97 Å². The topological polar surface area (TPSA) is 26.3 Å². The Morgan fingerprint density at radius 2 is 1.84 bits per heavy atom. The van der Waals surface area contributed by atoms with Crippen molar-refractivity contribution in [1.29, 1.82) is 0 Å². The second kappa shape index (κ2) is 5.65. The largest absolute Gasteiger partial charge is 0.465 e. The monoisotopic (exact) mass is 258 g/mol. The average molecular weight is 258 g/mol. The first-order chi connectivity index (χ1) is 9.15. The summed E-state index contributed by atoms with van der Waals surface area (Å²) in [5.41, 5.74) is 2.92. The molecule has 2 rings (SSSR count). The van der Waals surface area contributed by atoms with Crippen LogP contribution in [0.3, 0.4) is 0 Å². The summed E-state index contributed by atoms with van der Waals surface area (Å²) in [5.74, 6) is -0.836. The van der Waals surface area contributed by atoms with Crippen LogP contribution in [-0.2, 0) is 11.2 Å². The van der Waals surface area contributed by atoms with E-state index in [-0.39, 0.29) is 5.82 Å². The molecule has 0 aromatic heterocycles. The highest BCUT2D eigenvalue weighted by Crippen LogP contribution is 2.26. The number of carbonyl (C=O) groups is 1. The van der Waals surface area contributed by atoms with Crippen LogP contribution >= 0.6 is 0 Å². The number of rotatable bonds is 3. The normalized spacial score (nSPS) is 10.3.